The zero-order chi connectivity index (χ0) is 83.8. The van der Waals surface area contributed by atoms with Gasteiger partial charge in [-0.1, -0.05) is 400 Å². The van der Waals surface area contributed by atoms with E-state index >= 15 is 0 Å². The number of hydrogen-bond acceptors (Lipinski definition) is 0. The van der Waals surface area contributed by atoms with E-state index in [1.165, 1.54) is 284 Å². The minimum atomic E-state index is 1.21. The van der Waals surface area contributed by atoms with E-state index in [4.69, 9.17) is 0 Å². The van der Waals surface area contributed by atoms with Gasteiger partial charge < -0.3 is 0 Å². The quantitative estimate of drug-likeness (QED) is 0.105. The van der Waals surface area contributed by atoms with Crippen molar-refractivity contribution < 1.29 is 0 Å². The molecule has 0 spiro atoms. The van der Waals surface area contributed by atoms with Crippen molar-refractivity contribution in [3.05, 3.63) is 539 Å². The number of hydrogen-bond donors (Lipinski definition) is 0. The summed E-state index contributed by atoms with van der Waals surface area (Å²) in [5, 5.41) is 35.6. The highest BCUT2D eigenvalue weighted by molar-refractivity contribution is 6.44. The van der Waals surface area contributed by atoms with Gasteiger partial charge in [-0.25, -0.2) is 0 Å². The van der Waals surface area contributed by atoms with Crippen molar-refractivity contribution in [1.29, 1.82) is 0 Å². The average molecular weight is 1610 g/mol. The predicted molar refractivity (Wildman–Crippen MR) is 549 cm³/mol. The number of allylic oxidation sites excluding steroid dienone is 10. The lowest BCUT2D eigenvalue weighted by Crippen LogP contribution is -1.97. The fraction of sp³-hybridized carbons (Fsp3) is 0. The Hall–Kier alpha value is -16.6. The molecule has 0 aromatic heterocycles. The predicted octanol–water partition coefficient (Wildman–Crippen LogP) is 34.2. The molecule has 0 aliphatic heterocycles. The molecule has 4 aliphatic carbocycles. The molecule has 4 aliphatic rings. The summed E-state index contributed by atoms with van der Waals surface area (Å²) in [4.78, 5) is 0. The first kappa shape index (κ1) is 71.9. The van der Waals surface area contributed by atoms with Crippen molar-refractivity contribution >= 4 is 207 Å². The highest BCUT2D eigenvalue weighted by atomic mass is 14.5. The van der Waals surface area contributed by atoms with Crippen LogP contribution in [-0.4, -0.2) is 0 Å². The molecule has 0 bridgehead atoms. The number of fused-ring (bicyclic) bond motifs is 28. The highest BCUT2D eigenvalue weighted by Crippen LogP contribution is 2.66. The Morgan fingerprint density at radius 3 is 0.664 bits per heavy atom. The molecule has 0 amide bonds. The van der Waals surface area contributed by atoms with Crippen molar-refractivity contribution in [3.63, 3.8) is 0 Å². The van der Waals surface area contributed by atoms with Crippen LogP contribution >= 0.6 is 0 Å². The summed E-state index contributed by atoms with van der Waals surface area (Å²) in [6.45, 7) is 0. The largest absolute Gasteiger partial charge is 0.0622 e. The second-order valence-electron chi connectivity index (χ2n) is 34.9. The molecule has 0 fully saturated rings. The number of rotatable bonds is 8. The van der Waals surface area contributed by atoms with E-state index in [0.717, 1.165) is 0 Å². The minimum absolute atomic E-state index is 1.21. The molecule has 24 aromatic rings. The minimum Gasteiger partial charge on any atom is -0.0622 e. The lowest BCUT2D eigenvalue weighted by molar-refractivity contribution is 1.56. The molecular weight excluding hydrogens is 1540 g/mol. The van der Waals surface area contributed by atoms with Crippen LogP contribution in [0, 0.1) is 0 Å². The number of benzene rings is 24. The molecule has 0 radical (unpaired) electrons. The zero-order valence-corrected chi connectivity index (χ0v) is 69.9. The van der Waals surface area contributed by atoms with Gasteiger partial charge in [0.2, 0.25) is 0 Å². The summed E-state index contributed by atoms with van der Waals surface area (Å²) in [6, 6.07) is 173. The SMILES string of the molecule is c1ccc(C2=C3C(=C(c4ccccc4)c4cc5cc6c7ccccc7c7ccccc7c6cc5cc43)C(c3ccc4ccccc4c3)=C2c2ccc3ccccc3c2)cc1.c1ccc(C2=C3C(=C(c4ccccc4)c4cc5cc6c7ccccc7c7ccccc7c6cc5cc43)C(c3cccc4c3ccc3ccccc34)=C2c2cccc3c2ccc2ccccc23)cc1. The molecule has 0 saturated carbocycles. The van der Waals surface area contributed by atoms with Crippen LogP contribution in [0.3, 0.4) is 0 Å². The molecule has 0 saturated heterocycles. The third kappa shape index (κ3) is 10.9. The van der Waals surface area contributed by atoms with Gasteiger partial charge in [0.05, 0.1) is 0 Å². The molecule has 0 nitrogen and oxygen atoms in total. The molecule has 0 N–H and O–H groups in total. The summed E-state index contributed by atoms with van der Waals surface area (Å²) < 4.78 is 0. The Balaban J connectivity index is 0.000000133. The lowest BCUT2D eigenvalue weighted by atomic mass is 9.83. The van der Waals surface area contributed by atoms with Gasteiger partial charge in [-0.2, -0.15) is 0 Å². The molecule has 0 atom stereocenters. The summed E-state index contributed by atoms with van der Waals surface area (Å²) in [5.74, 6) is 0. The topological polar surface area (TPSA) is 0 Å². The van der Waals surface area contributed by atoms with E-state index in [9.17, 15) is 0 Å². The van der Waals surface area contributed by atoms with Crippen molar-refractivity contribution in [3.8, 4) is 0 Å². The van der Waals surface area contributed by atoms with Crippen LogP contribution < -0.4 is 0 Å². The van der Waals surface area contributed by atoms with Crippen LogP contribution in [0.25, 0.3) is 207 Å². The Labute approximate surface area is 740 Å². The van der Waals surface area contributed by atoms with E-state index in [0.29, 0.717) is 0 Å². The lowest BCUT2D eigenvalue weighted by Gasteiger charge is -2.20. The maximum atomic E-state index is 2.52. The Bertz CT molecular complexity index is 9250. The second-order valence-corrected chi connectivity index (χ2v) is 34.9. The fourth-order valence-corrected chi connectivity index (χ4v) is 22.7. The van der Waals surface area contributed by atoms with Gasteiger partial charge in [-0.15, -0.1) is 0 Å². The Morgan fingerprint density at radius 2 is 0.305 bits per heavy atom. The van der Waals surface area contributed by atoms with Gasteiger partial charge in [0.25, 0.3) is 0 Å². The van der Waals surface area contributed by atoms with Gasteiger partial charge in [0, 0.05) is 0 Å². The monoisotopic (exact) mass is 1610 g/mol. The third-order valence-corrected chi connectivity index (χ3v) is 28.2. The van der Waals surface area contributed by atoms with Gasteiger partial charge in [-0.3, -0.25) is 0 Å². The Morgan fingerprint density at radius 1 is 0.0781 bits per heavy atom. The molecular formula is C128H76. The van der Waals surface area contributed by atoms with Crippen molar-refractivity contribution in [2.45, 2.75) is 0 Å². The summed E-state index contributed by atoms with van der Waals surface area (Å²) >= 11 is 0. The maximum absolute atomic E-state index is 2.52. The first-order valence-corrected chi connectivity index (χ1v) is 44.7. The molecule has 28 rings (SSSR count). The van der Waals surface area contributed by atoms with Crippen LogP contribution in [-0.2, 0) is 0 Å². The van der Waals surface area contributed by atoms with Crippen molar-refractivity contribution in [2.75, 3.05) is 0 Å². The van der Waals surface area contributed by atoms with Crippen LogP contribution in [0.4, 0.5) is 0 Å². The molecule has 24 aromatic carbocycles. The average Bonchev–Trinajstić information content (AvgIpc) is 1.53. The van der Waals surface area contributed by atoms with Gasteiger partial charge in [0.1, 0.15) is 0 Å². The molecule has 588 valence electrons. The Kier molecular flexibility index (Phi) is 16.0. The summed E-state index contributed by atoms with van der Waals surface area (Å²) in [6.07, 6.45) is 0. The van der Waals surface area contributed by atoms with Crippen molar-refractivity contribution in [2.24, 2.45) is 0 Å². The first-order chi connectivity index (χ1) is 63.5. The second kappa shape index (κ2) is 28.5. The van der Waals surface area contributed by atoms with E-state index in [1.54, 1.807) is 0 Å². The molecule has 0 heteroatoms. The normalized spacial score (nSPS) is 13.8. The summed E-state index contributed by atoms with van der Waals surface area (Å²) in [7, 11) is 0. The van der Waals surface area contributed by atoms with Crippen molar-refractivity contribution in [1.82, 2.24) is 0 Å². The maximum Gasteiger partial charge on any atom is -0.000115 e. The third-order valence-electron chi connectivity index (χ3n) is 28.2. The standard InChI is InChI=1S/C68H40.C60H36/c1-3-19-43(20-4-1)63-61-39-45-37-59-53-27-13-11-25-51(53)52-26-12-14-28-54(52)60(59)38-46(45)40-62(61)67-64(44-21-5-2-6-22-44)65(57-31-15-29-49-47-23-9-7-17-41(47)33-35-55(49)57)66(68(63)67)58-32-16-30-50-48-24-10-8-18-42(48)34-36-56(50)58;1-3-17-39(18-4-1)55-53-35-45-33-51-49-25-13-11-23-47(49)48-24-12-14-26-50(48)52(51)34-46(45)36-54(53)59-56(40-19-5-2-6-20-40)57(43-29-27-37-15-7-9-21-41(37)31-43)58(60(55)59)44-30-28-38-16-8-10-22-42(38)32-44/h1-40H;1-36H. The van der Waals surface area contributed by atoms with E-state index in [2.05, 4.69) is 461 Å². The van der Waals surface area contributed by atoms with Crippen LogP contribution in [0.5, 0.6) is 0 Å². The van der Waals surface area contributed by atoms with Crippen LogP contribution in [0.15, 0.2) is 472 Å². The summed E-state index contributed by atoms with van der Waals surface area (Å²) in [5.41, 5.74) is 30.4. The van der Waals surface area contributed by atoms with Crippen LogP contribution in [0.2, 0.25) is 0 Å². The van der Waals surface area contributed by atoms with Gasteiger partial charge >= 0.3 is 0 Å². The van der Waals surface area contributed by atoms with Crippen LogP contribution in [0.1, 0.15) is 66.8 Å². The molecule has 0 heterocycles. The van der Waals surface area contributed by atoms with E-state index in [-0.39, 0.29) is 0 Å². The fourth-order valence-electron chi connectivity index (χ4n) is 22.7. The first-order valence-electron chi connectivity index (χ1n) is 44.7. The van der Waals surface area contributed by atoms with E-state index < -0.39 is 0 Å². The smallest absolute Gasteiger partial charge is 0.000115 e. The van der Waals surface area contributed by atoms with Gasteiger partial charge in [0.15, 0.2) is 0 Å². The van der Waals surface area contributed by atoms with Gasteiger partial charge in [-0.05, 0) is 345 Å². The molecule has 128 heavy (non-hydrogen) atoms. The molecule has 0 unspecified atom stereocenters. The van der Waals surface area contributed by atoms with E-state index in [1.807, 2.05) is 0 Å². The highest BCUT2D eigenvalue weighted by Gasteiger charge is 2.44. The zero-order valence-electron chi connectivity index (χ0n) is 69.9.